The fraction of sp³-hybridized carbons (Fsp3) is 0.429. The third-order valence-electron chi connectivity index (χ3n) is 10.4. The van der Waals surface area contributed by atoms with Gasteiger partial charge in [-0.3, -0.25) is 9.59 Å². The second-order valence-electron chi connectivity index (χ2n) is 13.4. The van der Waals surface area contributed by atoms with Crippen LogP contribution in [0.1, 0.15) is 64.1 Å². The molecule has 238 valence electrons. The van der Waals surface area contributed by atoms with Gasteiger partial charge in [-0.2, -0.15) is 0 Å². The van der Waals surface area contributed by atoms with E-state index in [1.54, 1.807) is 31.2 Å². The van der Waals surface area contributed by atoms with Crippen LogP contribution in [0.25, 0.3) is 10.9 Å². The number of carbonyl (C=O) groups excluding carboxylic acids is 3. The molecule has 2 aliphatic carbocycles. The number of nitrogens with one attached hydrogen (secondary N) is 4. The fourth-order valence-electron chi connectivity index (χ4n) is 7.23. The lowest BCUT2D eigenvalue weighted by molar-refractivity contribution is -0.131. The second kappa shape index (κ2) is 12.4. The van der Waals surface area contributed by atoms with Crippen molar-refractivity contribution in [3.63, 3.8) is 0 Å². The molecule has 2 aromatic carbocycles. The zero-order chi connectivity index (χ0) is 32.4. The fourth-order valence-corrected chi connectivity index (χ4v) is 7.23. The summed E-state index contributed by atoms with van der Waals surface area (Å²) in [4.78, 5) is 54.2. The number of H-pyrrole nitrogens is 1. The van der Waals surface area contributed by atoms with E-state index in [1.807, 2.05) is 36.5 Å². The minimum Gasteiger partial charge on any atom is -0.478 e. The molecule has 10 heteroatoms. The molecule has 2 saturated carbocycles. The van der Waals surface area contributed by atoms with Gasteiger partial charge in [-0.25, -0.2) is 9.59 Å². The van der Waals surface area contributed by atoms with Crippen LogP contribution in [-0.2, 0) is 25.5 Å². The van der Waals surface area contributed by atoms with Crippen molar-refractivity contribution in [2.45, 2.75) is 71.1 Å². The van der Waals surface area contributed by atoms with Crippen molar-refractivity contribution in [1.29, 1.82) is 0 Å². The number of hydrogen-bond acceptors (Lipinski definition) is 5. The normalized spacial score (nSPS) is 23.7. The molecule has 2 bridgehead atoms. The van der Waals surface area contributed by atoms with Gasteiger partial charge in [0.05, 0.1) is 6.04 Å². The molecule has 5 atom stereocenters. The summed E-state index contributed by atoms with van der Waals surface area (Å²) in [5.74, 6) is -1.84. The van der Waals surface area contributed by atoms with E-state index in [4.69, 9.17) is 9.84 Å². The van der Waals surface area contributed by atoms with Crippen LogP contribution in [-0.4, -0.2) is 52.2 Å². The summed E-state index contributed by atoms with van der Waals surface area (Å²) in [7, 11) is 0. The number of aromatic nitrogens is 1. The zero-order valence-corrected chi connectivity index (χ0v) is 26.2. The molecule has 3 amide bonds. The number of fused-ring (bicyclic) bond motifs is 3. The topological polar surface area (TPSA) is 150 Å². The molecule has 45 heavy (non-hydrogen) atoms. The van der Waals surface area contributed by atoms with Crippen LogP contribution < -0.4 is 16.0 Å². The number of benzene rings is 2. The number of carbonyl (C=O) groups is 4. The third kappa shape index (κ3) is 6.45. The lowest BCUT2D eigenvalue weighted by Gasteiger charge is -2.39. The van der Waals surface area contributed by atoms with Crippen LogP contribution in [0.5, 0.6) is 0 Å². The van der Waals surface area contributed by atoms with Gasteiger partial charge in [-0.05, 0) is 54.7 Å². The maximum absolute atomic E-state index is 14.0. The van der Waals surface area contributed by atoms with E-state index in [0.717, 1.165) is 47.9 Å². The van der Waals surface area contributed by atoms with Crippen molar-refractivity contribution < 1.29 is 29.0 Å². The Morgan fingerprint density at radius 3 is 2.44 bits per heavy atom. The standard InChI is InChI=1S/C35H42N4O6/c1-33(2)24-16-17-34(33,3)28(18-24)45-32(44)39-35(4,19-23-20-36-26-13-9-8-12-25(23)26)31(43)37-21-27(22-10-6-5-7-11-22)38-29(40)14-15-30(41)42/h5-15,20,24,27-28,36H,16-19,21H2,1-4H3,(H,37,43)(H,38,40)(H,39,44)(H,41,42)/t24-,27-,28-,34?,35-/m1/s1. The third-order valence-corrected chi connectivity index (χ3v) is 10.4. The second-order valence-corrected chi connectivity index (χ2v) is 13.4. The van der Waals surface area contributed by atoms with Crippen LogP contribution >= 0.6 is 0 Å². The molecule has 2 fully saturated rings. The molecule has 3 aromatic rings. The molecular weight excluding hydrogens is 572 g/mol. The number of amides is 3. The summed E-state index contributed by atoms with van der Waals surface area (Å²) in [5.41, 5.74) is 0.983. The largest absolute Gasteiger partial charge is 0.478 e. The van der Waals surface area contributed by atoms with Gasteiger partial charge in [0.15, 0.2) is 0 Å². The van der Waals surface area contributed by atoms with E-state index in [9.17, 15) is 19.2 Å². The zero-order valence-electron chi connectivity index (χ0n) is 26.2. The van der Waals surface area contributed by atoms with Crippen LogP contribution in [0.15, 0.2) is 72.9 Å². The number of ether oxygens (including phenoxy) is 1. The number of para-hydroxylation sites is 1. The highest BCUT2D eigenvalue weighted by Crippen LogP contribution is 2.66. The number of hydrogen-bond donors (Lipinski definition) is 5. The van der Waals surface area contributed by atoms with Crippen LogP contribution in [0.4, 0.5) is 4.79 Å². The molecule has 2 aliphatic rings. The van der Waals surface area contributed by atoms with Crippen molar-refractivity contribution >= 4 is 34.8 Å². The van der Waals surface area contributed by atoms with E-state index >= 15 is 0 Å². The first-order chi connectivity index (χ1) is 21.3. The Morgan fingerprint density at radius 2 is 1.78 bits per heavy atom. The summed E-state index contributed by atoms with van der Waals surface area (Å²) in [5, 5.41) is 18.4. The maximum atomic E-state index is 14.0. The number of alkyl carbamates (subject to hydrolysis) is 1. The van der Waals surface area contributed by atoms with Crippen molar-refractivity contribution in [3.05, 3.63) is 84.1 Å². The lowest BCUT2D eigenvalue weighted by Crippen LogP contribution is -2.59. The van der Waals surface area contributed by atoms with Crippen molar-refractivity contribution in [1.82, 2.24) is 20.9 Å². The summed E-state index contributed by atoms with van der Waals surface area (Å²) in [6.07, 6.45) is 5.72. The molecule has 1 heterocycles. The predicted octanol–water partition coefficient (Wildman–Crippen LogP) is 5.02. The Hall–Kier alpha value is -4.60. The first-order valence-corrected chi connectivity index (χ1v) is 15.4. The van der Waals surface area contributed by atoms with Gasteiger partial charge in [0.2, 0.25) is 11.8 Å². The molecule has 10 nitrogen and oxygen atoms in total. The van der Waals surface area contributed by atoms with Crippen LogP contribution in [0, 0.1) is 16.7 Å². The monoisotopic (exact) mass is 614 g/mol. The Labute approximate surface area is 263 Å². The number of aromatic amines is 1. The molecule has 1 aromatic heterocycles. The van der Waals surface area contributed by atoms with Gasteiger partial charge in [-0.15, -0.1) is 0 Å². The molecule has 0 spiro atoms. The van der Waals surface area contributed by atoms with E-state index in [1.165, 1.54) is 0 Å². The number of rotatable bonds is 11. The molecule has 5 N–H and O–H groups in total. The van der Waals surface area contributed by atoms with Gasteiger partial charge in [0, 0.05) is 47.6 Å². The van der Waals surface area contributed by atoms with Crippen LogP contribution in [0.2, 0.25) is 0 Å². The van der Waals surface area contributed by atoms with Crippen molar-refractivity contribution in [2.24, 2.45) is 16.7 Å². The number of carboxylic acid groups (broad SMARTS) is 1. The SMILES string of the molecule is CC1(C)[C@@H]2CCC1(C)[C@H](OC(=O)N[C@](C)(Cc1c[nH]c3ccccc13)C(=O)NC[C@@H](NC(=O)C=CC(=O)O)c1ccccc1)C2. The Bertz CT molecular complexity index is 1610. The van der Waals surface area contributed by atoms with Crippen LogP contribution in [0.3, 0.4) is 0 Å². The summed E-state index contributed by atoms with van der Waals surface area (Å²) in [6.45, 7) is 8.36. The molecule has 0 aliphatic heterocycles. The molecule has 5 rings (SSSR count). The predicted molar refractivity (Wildman–Crippen MR) is 170 cm³/mol. The summed E-state index contributed by atoms with van der Waals surface area (Å²) in [6, 6.07) is 16.1. The molecule has 0 saturated heterocycles. The van der Waals surface area contributed by atoms with Gasteiger partial charge in [0.25, 0.3) is 0 Å². The van der Waals surface area contributed by atoms with Gasteiger partial charge >= 0.3 is 12.1 Å². The maximum Gasteiger partial charge on any atom is 0.408 e. The number of aliphatic carboxylic acids is 1. The highest BCUT2D eigenvalue weighted by atomic mass is 16.6. The number of carboxylic acids is 1. The highest BCUT2D eigenvalue weighted by Gasteiger charge is 2.63. The Balaban J connectivity index is 1.36. The van der Waals surface area contributed by atoms with Crippen molar-refractivity contribution in [2.75, 3.05) is 6.54 Å². The summed E-state index contributed by atoms with van der Waals surface area (Å²) < 4.78 is 6.08. The molecule has 0 radical (unpaired) electrons. The first-order valence-electron chi connectivity index (χ1n) is 15.4. The average Bonchev–Trinajstić information content (AvgIpc) is 3.57. The smallest absolute Gasteiger partial charge is 0.408 e. The minimum atomic E-state index is -1.41. The molecule has 1 unspecified atom stereocenters. The van der Waals surface area contributed by atoms with E-state index < -0.39 is 35.5 Å². The Kier molecular flexibility index (Phi) is 8.78. The first kappa shape index (κ1) is 31.8. The van der Waals surface area contributed by atoms with Gasteiger partial charge in [-0.1, -0.05) is 69.3 Å². The van der Waals surface area contributed by atoms with E-state index in [2.05, 4.69) is 41.7 Å². The Morgan fingerprint density at radius 1 is 1.07 bits per heavy atom. The van der Waals surface area contributed by atoms with Gasteiger partial charge < -0.3 is 30.8 Å². The highest BCUT2D eigenvalue weighted by molar-refractivity contribution is 5.94. The quantitative estimate of drug-likeness (QED) is 0.191. The van der Waals surface area contributed by atoms with Crippen molar-refractivity contribution in [3.8, 4) is 0 Å². The van der Waals surface area contributed by atoms with E-state index in [-0.39, 0.29) is 29.9 Å². The van der Waals surface area contributed by atoms with E-state index in [0.29, 0.717) is 11.5 Å². The molecular formula is C35H42N4O6. The summed E-state index contributed by atoms with van der Waals surface area (Å²) >= 11 is 0. The minimum absolute atomic E-state index is 0.00767. The van der Waals surface area contributed by atoms with Gasteiger partial charge in [0.1, 0.15) is 11.6 Å². The lowest BCUT2D eigenvalue weighted by atomic mass is 9.70. The average molecular weight is 615 g/mol.